The third-order valence-electron chi connectivity index (χ3n) is 3.99. The van der Waals surface area contributed by atoms with Crippen molar-refractivity contribution >= 4 is 51.8 Å². The first kappa shape index (κ1) is 21.9. The smallest absolute Gasteiger partial charge is 0.306 e. The summed E-state index contributed by atoms with van der Waals surface area (Å²) in [5, 5.41) is 6.21. The SMILES string of the molecule is CCCc1cc(NNC(=O)Nc2cc(Cl)nc(Cl)c2)nc2c1c(C(F)(F)F)nn2C. The van der Waals surface area contributed by atoms with Crippen LogP contribution >= 0.6 is 23.2 Å². The molecule has 3 rings (SSSR count). The number of hydrogen-bond donors (Lipinski definition) is 3. The Balaban J connectivity index is 1.84. The van der Waals surface area contributed by atoms with E-state index >= 15 is 0 Å². The number of hydrazine groups is 1. The number of carbonyl (C=O) groups excluding carboxylic acids is 1. The molecule has 0 radical (unpaired) electrons. The topological polar surface area (TPSA) is 96.8 Å². The van der Waals surface area contributed by atoms with Gasteiger partial charge in [-0.25, -0.2) is 19.4 Å². The van der Waals surface area contributed by atoms with Gasteiger partial charge in [0.2, 0.25) is 0 Å². The molecule has 0 aliphatic rings. The lowest BCUT2D eigenvalue weighted by Gasteiger charge is -2.12. The molecule has 0 saturated heterocycles. The Hall–Kier alpha value is -2.79. The summed E-state index contributed by atoms with van der Waals surface area (Å²) in [7, 11) is 1.38. The number of anilines is 2. The molecule has 3 N–H and O–H groups in total. The van der Waals surface area contributed by atoms with Gasteiger partial charge in [0.25, 0.3) is 0 Å². The number of rotatable bonds is 5. The maximum absolute atomic E-state index is 13.4. The van der Waals surface area contributed by atoms with E-state index in [1.165, 1.54) is 25.2 Å². The van der Waals surface area contributed by atoms with E-state index in [-0.39, 0.29) is 27.2 Å². The molecule has 160 valence electrons. The van der Waals surface area contributed by atoms with E-state index in [4.69, 9.17) is 23.2 Å². The highest BCUT2D eigenvalue weighted by Crippen LogP contribution is 2.36. The standard InChI is InChI=1S/C17H16Cl2F3N7O/c1-3-4-8-5-12(25-15-13(8)14(17(20,21)22)28-29(15)2)26-27-16(30)23-9-6-10(18)24-11(19)7-9/h5-7H,3-4H2,1-2H3,(H,25,26)(H2,23,24,27,30). The Bertz CT molecular complexity index is 1080. The van der Waals surface area contributed by atoms with Crippen LogP contribution in [0.4, 0.5) is 29.5 Å². The molecule has 0 aromatic carbocycles. The summed E-state index contributed by atoms with van der Waals surface area (Å²) in [5.74, 6) is 0.156. The number of amides is 2. The predicted octanol–water partition coefficient (Wildman–Crippen LogP) is 4.79. The minimum absolute atomic E-state index is 0.0469. The van der Waals surface area contributed by atoms with E-state index in [1.54, 1.807) is 0 Å². The van der Waals surface area contributed by atoms with Crippen molar-refractivity contribution < 1.29 is 18.0 Å². The Kier molecular flexibility index (Phi) is 6.22. The third kappa shape index (κ3) is 4.85. The summed E-state index contributed by atoms with van der Waals surface area (Å²) >= 11 is 11.6. The van der Waals surface area contributed by atoms with Crippen molar-refractivity contribution in [1.29, 1.82) is 0 Å². The number of nitrogens with zero attached hydrogens (tertiary/aromatic N) is 4. The van der Waals surface area contributed by atoms with Crippen molar-refractivity contribution in [1.82, 2.24) is 25.2 Å². The zero-order chi connectivity index (χ0) is 22.1. The molecule has 3 aromatic rings. The van der Waals surface area contributed by atoms with Crippen LogP contribution in [0.15, 0.2) is 18.2 Å². The summed E-state index contributed by atoms with van der Waals surface area (Å²) in [6.45, 7) is 1.85. The zero-order valence-electron chi connectivity index (χ0n) is 15.7. The van der Waals surface area contributed by atoms with Crippen molar-refractivity contribution in [3.8, 4) is 0 Å². The Morgan fingerprint density at radius 1 is 1.17 bits per heavy atom. The molecule has 0 aliphatic carbocycles. The molecule has 0 unspecified atom stereocenters. The Morgan fingerprint density at radius 3 is 2.43 bits per heavy atom. The highest BCUT2D eigenvalue weighted by Gasteiger charge is 2.38. The summed E-state index contributed by atoms with van der Waals surface area (Å²) in [6.07, 6.45) is -3.62. The quantitative estimate of drug-likeness (QED) is 0.374. The first-order valence-corrected chi connectivity index (χ1v) is 9.44. The lowest BCUT2D eigenvalue weighted by atomic mass is 10.1. The van der Waals surface area contributed by atoms with Gasteiger partial charge in [-0.1, -0.05) is 36.5 Å². The van der Waals surface area contributed by atoms with E-state index in [0.717, 1.165) is 4.68 Å². The van der Waals surface area contributed by atoms with Crippen LogP contribution in [0, 0.1) is 0 Å². The number of pyridine rings is 2. The van der Waals surface area contributed by atoms with Gasteiger partial charge in [0, 0.05) is 12.7 Å². The van der Waals surface area contributed by atoms with Crippen LogP contribution in [-0.2, 0) is 19.6 Å². The number of nitrogens with one attached hydrogen (secondary N) is 3. The van der Waals surface area contributed by atoms with E-state index in [0.29, 0.717) is 24.1 Å². The molecule has 2 amide bonds. The maximum Gasteiger partial charge on any atom is 0.435 e. The fraction of sp³-hybridized carbons (Fsp3) is 0.294. The van der Waals surface area contributed by atoms with Gasteiger partial charge < -0.3 is 5.32 Å². The Labute approximate surface area is 178 Å². The second-order valence-corrected chi connectivity index (χ2v) is 7.07. The van der Waals surface area contributed by atoms with Crippen LogP contribution in [0.3, 0.4) is 0 Å². The van der Waals surface area contributed by atoms with E-state index < -0.39 is 17.9 Å². The normalized spacial score (nSPS) is 11.6. The van der Waals surface area contributed by atoms with E-state index in [2.05, 4.69) is 31.2 Å². The number of halogens is 5. The molecule has 3 heterocycles. The number of hydrogen-bond acceptors (Lipinski definition) is 5. The van der Waals surface area contributed by atoms with Gasteiger partial charge in [0.05, 0.1) is 5.39 Å². The van der Waals surface area contributed by atoms with Crippen LogP contribution in [0.5, 0.6) is 0 Å². The van der Waals surface area contributed by atoms with Crippen LogP contribution in [0.25, 0.3) is 11.0 Å². The second kappa shape index (κ2) is 8.52. The van der Waals surface area contributed by atoms with Gasteiger partial charge in [0.1, 0.15) is 16.1 Å². The molecule has 0 spiro atoms. The first-order valence-electron chi connectivity index (χ1n) is 8.68. The fourth-order valence-electron chi connectivity index (χ4n) is 2.87. The molecule has 30 heavy (non-hydrogen) atoms. The van der Waals surface area contributed by atoms with E-state index in [9.17, 15) is 18.0 Å². The summed E-state index contributed by atoms with van der Waals surface area (Å²) in [6, 6.07) is 3.56. The molecular weight excluding hydrogens is 446 g/mol. The number of aromatic nitrogens is 4. The number of urea groups is 1. The average Bonchev–Trinajstić information content (AvgIpc) is 2.97. The number of fused-ring (bicyclic) bond motifs is 1. The van der Waals surface area contributed by atoms with Gasteiger partial charge in [0.15, 0.2) is 11.3 Å². The van der Waals surface area contributed by atoms with Crippen molar-refractivity contribution in [3.05, 3.63) is 39.8 Å². The largest absolute Gasteiger partial charge is 0.435 e. The molecule has 13 heteroatoms. The van der Waals surface area contributed by atoms with Crippen LogP contribution in [-0.4, -0.2) is 25.8 Å². The minimum atomic E-state index is -4.61. The number of carbonyl (C=O) groups is 1. The molecule has 0 fully saturated rings. The van der Waals surface area contributed by atoms with Crippen molar-refractivity contribution in [2.24, 2.45) is 7.05 Å². The molecule has 0 atom stereocenters. The number of aryl methyl sites for hydroxylation is 2. The summed E-state index contributed by atoms with van der Waals surface area (Å²) < 4.78 is 41.1. The molecule has 0 saturated carbocycles. The first-order chi connectivity index (χ1) is 14.1. The fourth-order valence-corrected chi connectivity index (χ4v) is 3.33. The maximum atomic E-state index is 13.4. The van der Waals surface area contributed by atoms with Crippen molar-refractivity contribution in [3.63, 3.8) is 0 Å². The zero-order valence-corrected chi connectivity index (χ0v) is 17.2. The highest BCUT2D eigenvalue weighted by atomic mass is 35.5. The molecule has 0 bridgehead atoms. The van der Waals surface area contributed by atoms with Gasteiger partial charge in [-0.3, -0.25) is 10.9 Å². The Morgan fingerprint density at radius 2 is 1.83 bits per heavy atom. The van der Waals surface area contributed by atoms with Gasteiger partial charge in [-0.2, -0.15) is 18.3 Å². The summed E-state index contributed by atoms with van der Waals surface area (Å²) in [5.41, 5.74) is 4.72. The molecular formula is C17H16Cl2F3N7O. The van der Waals surface area contributed by atoms with Crippen molar-refractivity contribution in [2.75, 3.05) is 10.7 Å². The lowest BCUT2D eigenvalue weighted by molar-refractivity contribution is -0.140. The monoisotopic (exact) mass is 461 g/mol. The number of alkyl halides is 3. The van der Waals surface area contributed by atoms with Crippen LogP contribution in [0.2, 0.25) is 10.3 Å². The molecule has 3 aromatic heterocycles. The van der Waals surface area contributed by atoms with Gasteiger partial charge in [-0.15, -0.1) is 0 Å². The van der Waals surface area contributed by atoms with Gasteiger partial charge >= 0.3 is 12.2 Å². The van der Waals surface area contributed by atoms with Crippen LogP contribution < -0.4 is 16.2 Å². The highest BCUT2D eigenvalue weighted by molar-refractivity contribution is 6.33. The summed E-state index contributed by atoms with van der Waals surface area (Å²) in [4.78, 5) is 20.0. The van der Waals surface area contributed by atoms with Crippen LogP contribution in [0.1, 0.15) is 24.6 Å². The molecule has 8 nitrogen and oxygen atoms in total. The van der Waals surface area contributed by atoms with Crippen molar-refractivity contribution in [2.45, 2.75) is 25.9 Å². The van der Waals surface area contributed by atoms with Gasteiger partial charge in [-0.05, 0) is 30.2 Å². The average molecular weight is 462 g/mol. The minimum Gasteiger partial charge on any atom is -0.306 e. The predicted molar refractivity (Wildman–Crippen MR) is 108 cm³/mol. The molecule has 0 aliphatic heterocycles. The van der Waals surface area contributed by atoms with E-state index in [1.807, 2.05) is 6.92 Å². The lowest BCUT2D eigenvalue weighted by Crippen LogP contribution is -2.34. The second-order valence-electron chi connectivity index (χ2n) is 6.29. The third-order valence-corrected chi connectivity index (χ3v) is 4.38.